The first-order valence-corrected chi connectivity index (χ1v) is 8.31. The van der Waals surface area contributed by atoms with Crippen molar-refractivity contribution < 1.29 is 4.74 Å². The van der Waals surface area contributed by atoms with Crippen LogP contribution in [0.3, 0.4) is 0 Å². The van der Waals surface area contributed by atoms with Crippen molar-refractivity contribution in [2.24, 2.45) is 4.99 Å². The lowest BCUT2D eigenvalue weighted by Crippen LogP contribution is -2.39. The van der Waals surface area contributed by atoms with Crippen LogP contribution in [-0.4, -0.2) is 35.9 Å². The first-order valence-electron chi connectivity index (χ1n) is 8.31. The normalized spacial score (nSPS) is 11.4. The Kier molecular flexibility index (Phi) is 6.66. The van der Waals surface area contributed by atoms with Crippen LogP contribution in [-0.2, 0) is 13.1 Å². The fraction of sp³-hybridized carbons (Fsp3) is 0.444. The molecular weight excluding hydrogens is 302 g/mol. The molecule has 0 saturated heterocycles. The van der Waals surface area contributed by atoms with E-state index in [2.05, 4.69) is 34.6 Å². The predicted octanol–water partition coefficient (Wildman–Crippen LogP) is 2.26. The van der Waals surface area contributed by atoms with Gasteiger partial charge in [0.05, 0.1) is 12.2 Å². The van der Waals surface area contributed by atoms with E-state index in [1.807, 2.05) is 41.9 Å². The van der Waals surface area contributed by atoms with Gasteiger partial charge in [0.2, 0.25) is 0 Å². The molecule has 130 valence electrons. The number of guanidine groups is 1. The Morgan fingerprint density at radius 3 is 2.58 bits per heavy atom. The largest absolute Gasteiger partial charge is 0.492 e. The van der Waals surface area contributed by atoms with Crippen LogP contribution in [0.2, 0.25) is 0 Å². The smallest absolute Gasteiger partial charge is 0.191 e. The lowest BCUT2D eigenvalue weighted by atomic mass is 10.2. The predicted molar refractivity (Wildman–Crippen MR) is 97.5 cm³/mol. The summed E-state index contributed by atoms with van der Waals surface area (Å²) in [4.78, 5) is 4.25. The van der Waals surface area contributed by atoms with Crippen LogP contribution in [0, 0.1) is 13.8 Å². The van der Waals surface area contributed by atoms with E-state index in [0.717, 1.165) is 23.9 Å². The number of aromatic nitrogens is 2. The van der Waals surface area contributed by atoms with E-state index in [1.54, 1.807) is 7.05 Å². The van der Waals surface area contributed by atoms with Gasteiger partial charge in [0.15, 0.2) is 5.96 Å². The minimum atomic E-state index is 0.580. The van der Waals surface area contributed by atoms with Crippen molar-refractivity contribution in [1.29, 1.82) is 0 Å². The van der Waals surface area contributed by atoms with E-state index in [4.69, 9.17) is 4.74 Å². The Bertz CT molecular complexity index is 664. The summed E-state index contributed by atoms with van der Waals surface area (Å²) in [7, 11) is 1.77. The van der Waals surface area contributed by atoms with Crippen molar-refractivity contribution in [3.05, 3.63) is 47.3 Å². The molecule has 1 aromatic carbocycles. The second-order valence-corrected chi connectivity index (χ2v) is 5.48. The van der Waals surface area contributed by atoms with Gasteiger partial charge in [-0.3, -0.25) is 9.67 Å². The summed E-state index contributed by atoms with van der Waals surface area (Å²) in [6.45, 7) is 9.10. The number of hydrogen-bond acceptors (Lipinski definition) is 3. The lowest BCUT2D eigenvalue weighted by Gasteiger charge is -2.13. The van der Waals surface area contributed by atoms with Gasteiger partial charge in [0.25, 0.3) is 0 Å². The van der Waals surface area contributed by atoms with Gasteiger partial charge in [-0.05, 0) is 32.9 Å². The van der Waals surface area contributed by atoms with Crippen LogP contribution in [0.5, 0.6) is 5.75 Å². The molecule has 0 aliphatic heterocycles. The van der Waals surface area contributed by atoms with Crippen LogP contribution < -0.4 is 15.4 Å². The van der Waals surface area contributed by atoms with Crippen LogP contribution in [0.25, 0.3) is 0 Å². The van der Waals surface area contributed by atoms with Gasteiger partial charge in [-0.25, -0.2) is 0 Å². The maximum absolute atomic E-state index is 5.66. The number of nitrogens with one attached hydrogen (secondary N) is 2. The standard InChI is InChI=1S/C18H27N5O/c1-5-23-15(3)17(14(2)22-23)13-21-18(19-4)20-11-12-24-16-9-7-6-8-10-16/h6-10H,5,11-13H2,1-4H3,(H2,19,20,21). The van der Waals surface area contributed by atoms with Crippen LogP contribution in [0.15, 0.2) is 35.3 Å². The van der Waals surface area contributed by atoms with Gasteiger partial charge in [-0.2, -0.15) is 5.10 Å². The van der Waals surface area contributed by atoms with E-state index >= 15 is 0 Å². The molecule has 0 bridgehead atoms. The highest BCUT2D eigenvalue weighted by Crippen LogP contribution is 2.12. The second-order valence-electron chi connectivity index (χ2n) is 5.48. The fourth-order valence-electron chi connectivity index (χ4n) is 2.55. The van der Waals surface area contributed by atoms with Crippen molar-refractivity contribution in [3.8, 4) is 5.75 Å². The molecule has 0 aliphatic rings. The molecule has 0 atom stereocenters. The zero-order valence-electron chi connectivity index (χ0n) is 15.0. The van der Waals surface area contributed by atoms with Crippen molar-refractivity contribution >= 4 is 5.96 Å². The van der Waals surface area contributed by atoms with Crippen molar-refractivity contribution in [3.63, 3.8) is 0 Å². The zero-order valence-corrected chi connectivity index (χ0v) is 15.0. The summed E-state index contributed by atoms with van der Waals surface area (Å²) in [6.07, 6.45) is 0. The molecule has 0 unspecified atom stereocenters. The molecule has 0 saturated carbocycles. The summed E-state index contributed by atoms with van der Waals surface area (Å²) in [5, 5.41) is 11.1. The summed E-state index contributed by atoms with van der Waals surface area (Å²) >= 11 is 0. The summed E-state index contributed by atoms with van der Waals surface area (Å²) in [5.74, 6) is 1.63. The number of hydrogen-bond donors (Lipinski definition) is 2. The highest BCUT2D eigenvalue weighted by molar-refractivity contribution is 5.79. The van der Waals surface area contributed by atoms with Crippen molar-refractivity contribution in [2.75, 3.05) is 20.2 Å². The number of aliphatic imine (C=N–C) groups is 1. The van der Waals surface area contributed by atoms with Crippen LogP contribution in [0.4, 0.5) is 0 Å². The van der Waals surface area contributed by atoms with Gasteiger partial charge in [0, 0.05) is 31.4 Å². The Morgan fingerprint density at radius 1 is 1.21 bits per heavy atom. The maximum atomic E-state index is 5.66. The molecule has 6 heteroatoms. The Balaban J connectivity index is 1.78. The quantitative estimate of drug-likeness (QED) is 0.465. The van der Waals surface area contributed by atoms with Gasteiger partial charge in [-0.15, -0.1) is 0 Å². The van der Waals surface area contributed by atoms with E-state index in [9.17, 15) is 0 Å². The average molecular weight is 329 g/mol. The highest BCUT2D eigenvalue weighted by atomic mass is 16.5. The van der Waals surface area contributed by atoms with Crippen LogP contribution >= 0.6 is 0 Å². The van der Waals surface area contributed by atoms with Crippen LogP contribution in [0.1, 0.15) is 23.9 Å². The first kappa shape index (κ1) is 17.8. The Morgan fingerprint density at radius 2 is 1.96 bits per heavy atom. The molecule has 0 spiro atoms. The molecule has 0 aliphatic carbocycles. The summed E-state index contributed by atoms with van der Waals surface area (Å²) < 4.78 is 7.69. The van der Waals surface area contributed by atoms with Gasteiger partial charge < -0.3 is 15.4 Å². The molecule has 2 aromatic rings. The number of aryl methyl sites for hydroxylation is 2. The monoisotopic (exact) mass is 329 g/mol. The van der Waals surface area contributed by atoms with Crippen molar-refractivity contribution in [2.45, 2.75) is 33.9 Å². The topological polar surface area (TPSA) is 63.5 Å². The Labute approximate surface area is 143 Å². The van der Waals surface area contributed by atoms with E-state index in [0.29, 0.717) is 19.7 Å². The minimum Gasteiger partial charge on any atom is -0.492 e. The minimum absolute atomic E-state index is 0.580. The lowest BCUT2D eigenvalue weighted by molar-refractivity contribution is 0.322. The summed E-state index contributed by atoms with van der Waals surface area (Å²) in [6, 6.07) is 9.80. The molecule has 1 heterocycles. The second kappa shape index (κ2) is 8.96. The van der Waals surface area contributed by atoms with Gasteiger partial charge >= 0.3 is 0 Å². The highest BCUT2D eigenvalue weighted by Gasteiger charge is 2.10. The maximum Gasteiger partial charge on any atom is 0.191 e. The first-order chi connectivity index (χ1) is 11.7. The number of ether oxygens (including phenoxy) is 1. The van der Waals surface area contributed by atoms with Crippen molar-refractivity contribution in [1.82, 2.24) is 20.4 Å². The van der Waals surface area contributed by atoms with Gasteiger partial charge in [0.1, 0.15) is 12.4 Å². The number of nitrogens with zero attached hydrogens (tertiary/aromatic N) is 3. The van der Waals surface area contributed by atoms with E-state index in [-0.39, 0.29) is 0 Å². The SMILES string of the molecule is CCn1nc(C)c(CNC(=NC)NCCOc2ccccc2)c1C. The van der Waals surface area contributed by atoms with Gasteiger partial charge in [-0.1, -0.05) is 18.2 Å². The molecule has 0 fully saturated rings. The third kappa shape index (κ3) is 4.75. The molecule has 0 radical (unpaired) electrons. The molecule has 2 rings (SSSR count). The molecule has 2 N–H and O–H groups in total. The fourth-order valence-corrected chi connectivity index (χ4v) is 2.55. The molecular formula is C18H27N5O. The molecule has 24 heavy (non-hydrogen) atoms. The van der Waals surface area contributed by atoms with E-state index < -0.39 is 0 Å². The van der Waals surface area contributed by atoms with E-state index in [1.165, 1.54) is 11.3 Å². The molecule has 0 amide bonds. The third-order valence-corrected chi connectivity index (χ3v) is 3.89. The molecule has 6 nitrogen and oxygen atoms in total. The third-order valence-electron chi connectivity index (χ3n) is 3.89. The Hall–Kier alpha value is -2.50. The number of para-hydroxylation sites is 1. The average Bonchev–Trinajstić information content (AvgIpc) is 2.89. The number of rotatable bonds is 7. The summed E-state index contributed by atoms with van der Waals surface area (Å²) in [5.41, 5.74) is 3.48. The zero-order chi connectivity index (χ0) is 17.4. The number of benzene rings is 1. The molecule has 1 aromatic heterocycles.